The molecule has 1 heterocycles. The Morgan fingerprint density at radius 2 is 1.64 bits per heavy atom. The summed E-state index contributed by atoms with van der Waals surface area (Å²) in [6.07, 6.45) is 13.4. The summed E-state index contributed by atoms with van der Waals surface area (Å²) in [7, 11) is 0. The number of aryl methyl sites for hydroxylation is 2. The molecule has 1 N–H and O–H groups in total. The fourth-order valence-corrected chi connectivity index (χ4v) is 5.87. The first-order valence-electron chi connectivity index (χ1n) is 15.2. The minimum absolute atomic E-state index is 0.0965. The Kier molecular flexibility index (Phi) is 11.2. The highest BCUT2D eigenvalue weighted by molar-refractivity contribution is 5.71. The second-order valence-corrected chi connectivity index (χ2v) is 11.4. The minimum atomic E-state index is -0.740. The van der Waals surface area contributed by atoms with Crippen LogP contribution >= 0.6 is 0 Å². The molecule has 0 saturated carbocycles. The van der Waals surface area contributed by atoms with Crippen molar-refractivity contribution in [1.29, 1.82) is 0 Å². The maximum Gasteiger partial charge on any atom is 0.306 e. The minimum Gasteiger partial charge on any atom is -0.489 e. The molecule has 1 aliphatic heterocycles. The predicted molar refractivity (Wildman–Crippen MR) is 161 cm³/mol. The van der Waals surface area contributed by atoms with Crippen molar-refractivity contribution >= 4 is 12.0 Å². The third kappa shape index (κ3) is 7.75. The standard InChI is InChI=1S/C35H50O4/c1-7-11-12-13-21-34(37,8-2)22-20-28-14-15-29(23-26(28)5)35(9-3,10-4)30-16-18-32(27(6)24-30)38-25-31-17-19-33(36)39-31/h14-16,18,20,22-24,31,37H,7-13,17,19,21,25H2,1-6H3/b22-20+/t31?,34-/m0/s1. The van der Waals surface area contributed by atoms with Crippen LogP contribution in [0.4, 0.5) is 0 Å². The second-order valence-electron chi connectivity index (χ2n) is 11.4. The van der Waals surface area contributed by atoms with Crippen LogP contribution in [0.3, 0.4) is 0 Å². The highest BCUT2D eigenvalue weighted by atomic mass is 16.6. The van der Waals surface area contributed by atoms with Crippen molar-refractivity contribution in [2.24, 2.45) is 0 Å². The van der Waals surface area contributed by atoms with E-state index in [4.69, 9.17) is 9.47 Å². The molecule has 0 radical (unpaired) electrons. The molecule has 3 rings (SSSR count). The van der Waals surface area contributed by atoms with Gasteiger partial charge in [0.2, 0.25) is 0 Å². The number of ether oxygens (including phenoxy) is 2. The highest BCUT2D eigenvalue weighted by Gasteiger charge is 2.32. The summed E-state index contributed by atoms with van der Waals surface area (Å²) in [5, 5.41) is 11.1. The molecule has 0 aromatic heterocycles. The fourth-order valence-electron chi connectivity index (χ4n) is 5.87. The van der Waals surface area contributed by atoms with Crippen molar-refractivity contribution in [2.45, 2.75) is 123 Å². The second kappa shape index (κ2) is 14.2. The Labute approximate surface area is 236 Å². The number of hydrogen-bond acceptors (Lipinski definition) is 4. The van der Waals surface area contributed by atoms with Gasteiger partial charge in [0.05, 0.1) is 5.60 Å². The maximum absolute atomic E-state index is 11.4. The number of unbranched alkanes of at least 4 members (excludes halogenated alkanes) is 3. The molecule has 4 nitrogen and oxygen atoms in total. The number of aliphatic hydroxyl groups is 1. The molecular weight excluding hydrogens is 484 g/mol. The molecule has 1 unspecified atom stereocenters. The lowest BCUT2D eigenvalue weighted by atomic mass is 9.70. The first-order valence-corrected chi connectivity index (χ1v) is 15.2. The summed E-state index contributed by atoms with van der Waals surface area (Å²) in [5.74, 6) is 0.712. The van der Waals surface area contributed by atoms with Crippen LogP contribution in [0.5, 0.6) is 5.75 Å². The lowest BCUT2D eigenvalue weighted by Crippen LogP contribution is -2.26. The van der Waals surface area contributed by atoms with Gasteiger partial charge < -0.3 is 14.6 Å². The normalized spacial score (nSPS) is 17.4. The monoisotopic (exact) mass is 534 g/mol. The van der Waals surface area contributed by atoms with E-state index in [-0.39, 0.29) is 17.5 Å². The summed E-state index contributed by atoms with van der Waals surface area (Å²) < 4.78 is 11.3. The molecule has 4 heteroatoms. The van der Waals surface area contributed by atoms with E-state index in [2.05, 4.69) is 84.0 Å². The molecule has 0 aliphatic carbocycles. The van der Waals surface area contributed by atoms with Gasteiger partial charge in [-0.15, -0.1) is 0 Å². The summed E-state index contributed by atoms with van der Waals surface area (Å²) in [5.41, 5.74) is 5.25. The van der Waals surface area contributed by atoms with Gasteiger partial charge in [-0.3, -0.25) is 4.79 Å². The third-order valence-electron chi connectivity index (χ3n) is 8.80. The number of carbonyl (C=O) groups excluding carboxylic acids is 1. The smallest absolute Gasteiger partial charge is 0.306 e. The Hall–Kier alpha value is -2.59. The first kappa shape index (κ1) is 30.9. The molecule has 39 heavy (non-hydrogen) atoms. The molecule has 2 aromatic rings. The largest absolute Gasteiger partial charge is 0.489 e. The van der Waals surface area contributed by atoms with Crippen LogP contribution in [-0.2, 0) is 14.9 Å². The van der Waals surface area contributed by atoms with E-state index in [1.165, 1.54) is 36.0 Å². The van der Waals surface area contributed by atoms with Gasteiger partial charge in [-0.1, -0.05) is 95.9 Å². The van der Waals surface area contributed by atoms with E-state index in [1.54, 1.807) is 0 Å². The lowest BCUT2D eigenvalue weighted by Gasteiger charge is -2.34. The van der Waals surface area contributed by atoms with Crippen LogP contribution in [0.2, 0.25) is 0 Å². The topological polar surface area (TPSA) is 55.8 Å². The van der Waals surface area contributed by atoms with Crippen molar-refractivity contribution in [3.8, 4) is 5.75 Å². The van der Waals surface area contributed by atoms with Crippen molar-refractivity contribution in [2.75, 3.05) is 6.61 Å². The van der Waals surface area contributed by atoms with Crippen molar-refractivity contribution < 1.29 is 19.4 Å². The summed E-state index contributed by atoms with van der Waals surface area (Å²) in [6.45, 7) is 13.5. The van der Waals surface area contributed by atoms with Crippen molar-refractivity contribution in [3.05, 3.63) is 70.3 Å². The van der Waals surface area contributed by atoms with Gasteiger partial charge in [-0.25, -0.2) is 0 Å². The number of hydrogen-bond donors (Lipinski definition) is 1. The maximum atomic E-state index is 11.4. The zero-order valence-corrected chi connectivity index (χ0v) is 25.1. The Bertz CT molecular complexity index is 1110. The SMILES string of the molecule is CCCCCC[C@](O)(/C=C/c1ccc(C(CC)(CC)c2ccc(OCC3CCC(=O)O3)c(C)c2)cc1C)CC. The number of cyclic esters (lactones) is 1. The average Bonchev–Trinajstić information content (AvgIpc) is 3.36. The highest BCUT2D eigenvalue weighted by Crippen LogP contribution is 2.41. The molecule has 0 bridgehead atoms. The van der Waals surface area contributed by atoms with Crippen molar-refractivity contribution in [1.82, 2.24) is 0 Å². The van der Waals surface area contributed by atoms with Crippen LogP contribution in [0.1, 0.15) is 120 Å². The molecular formula is C35H50O4. The summed E-state index contributed by atoms with van der Waals surface area (Å²) in [4.78, 5) is 11.4. The Balaban J connectivity index is 1.79. The van der Waals surface area contributed by atoms with Crippen LogP contribution in [0, 0.1) is 13.8 Å². The summed E-state index contributed by atoms with van der Waals surface area (Å²) in [6, 6.07) is 13.3. The zero-order valence-electron chi connectivity index (χ0n) is 25.1. The fraction of sp³-hybridized carbons (Fsp3) is 0.571. The van der Waals surface area contributed by atoms with Crippen LogP contribution in [0.15, 0.2) is 42.5 Å². The van der Waals surface area contributed by atoms with E-state index in [1.807, 2.05) is 6.08 Å². The number of rotatable bonds is 15. The van der Waals surface area contributed by atoms with Gasteiger partial charge >= 0.3 is 5.97 Å². The molecule has 2 atom stereocenters. The van der Waals surface area contributed by atoms with Crippen molar-refractivity contribution in [3.63, 3.8) is 0 Å². The Morgan fingerprint density at radius 1 is 0.949 bits per heavy atom. The van der Waals surface area contributed by atoms with Gasteiger partial charge in [-0.05, 0) is 79.8 Å². The van der Waals surface area contributed by atoms with Gasteiger partial charge in [0.1, 0.15) is 18.5 Å². The van der Waals surface area contributed by atoms with Crippen LogP contribution in [0.25, 0.3) is 6.08 Å². The number of esters is 1. The molecule has 1 aliphatic rings. The molecule has 2 aromatic carbocycles. The number of benzene rings is 2. The van der Waals surface area contributed by atoms with Gasteiger partial charge in [0.15, 0.2) is 0 Å². The van der Waals surface area contributed by atoms with E-state index < -0.39 is 5.60 Å². The molecule has 214 valence electrons. The van der Waals surface area contributed by atoms with Crippen LogP contribution < -0.4 is 4.74 Å². The quantitative estimate of drug-likeness (QED) is 0.184. The third-order valence-corrected chi connectivity index (χ3v) is 8.80. The molecule has 1 fully saturated rings. The summed E-state index contributed by atoms with van der Waals surface area (Å²) >= 11 is 0. The van der Waals surface area contributed by atoms with E-state index in [9.17, 15) is 9.90 Å². The molecule has 0 amide bonds. The zero-order chi connectivity index (χ0) is 28.5. The van der Waals surface area contributed by atoms with Crippen LogP contribution in [-0.4, -0.2) is 29.4 Å². The number of carbonyl (C=O) groups is 1. The molecule has 1 saturated heterocycles. The first-order chi connectivity index (χ1) is 18.7. The Morgan fingerprint density at radius 3 is 2.21 bits per heavy atom. The predicted octanol–water partition coefficient (Wildman–Crippen LogP) is 8.62. The average molecular weight is 535 g/mol. The van der Waals surface area contributed by atoms with E-state index in [0.29, 0.717) is 13.0 Å². The lowest BCUT2D eigenvalue weighted by molar-refractivity contribution is -0.142. The van der Waals surface area contributed by atoms with Gasteiger partial charge in [0.25, 0.3) is 0 Å². The van der Waals surface area contributed by atoms with E-state index in [0.717, 1.165) is 55.4 Å². The van der Waals surface area contributed by atoms with Gasteiger partial charge in [0, 0.05) is 11.8 Å². The van der Waals surface area contributed by atoms with Gasteiger partial charge in [-0.2, -0.15) is 0 Å². The molecule has 0 spiro atoms. The van der Waals surface area contributed by atoms with E-state index >= 15 is 0 Å².